The fourth-order valence-corrected chi connectivity index (χ4v) is 5.96. The van der Waals surface area contributed by atoms with Crippen molar-refractivity contribution in [1.82, 2.24) is 9.88 Å². The fourth-order valence-electron chi connectivity index (χ4n) is 4.86. The van der Waals surface area contributed by atoms with E-state index >= 15 is 0 Å². The third-order valence-corrected chi connectivity index (χ3v) is 7.24. The molecule has 0 atom stereocenters. The number of carboxylic acid groups (broad SMARTS) is 1. The van der Waals surface area contributed by atoms with Gasteiger partial charge in [0.1, 0.15) is 5.82 Å². The summed E-state index contributed by atoms with van der Waals surface area (Å²) < 4.78 is 13.9. The molecule has 1 fully saturated rings. The maximum atomic E-state index is 13.9. The van der Waals surface area contributed by atoms with E-state index in [2.05, 4.69) is 5.32 Å². The molecule has 5 nitrogen and oxygen atoms in total. The number of rotatable bonds is 3. The minimum absolute atomic E-state index is 0.0587. The lowest BCUT2D eigenvalue weighted by Gasteiger charge is -2.42. The number of carbonyl (C=O) groups is 1. The van der Waals surface area contributed by atoms with Crippen molar-refractivity contribution in [2.75, 3.05) is 5.32 Å². The first-order chi connectivity index (χ1) is 14.2. The van der Waals surface area contributed by atoms with Gasteiger partial charge in [0, 0.05) is 28.1 Å². The van der Waals surface area contributed by atoms with E-state index in [1.54, 1.807) is 22.3 Å². The van der Waals surface area contributed by atoms with Crippen LogP contribution in [0, 0.1) is 5.82 Å². The number of anilines is 1. The van der Waals surface area contributed by atoms with Gasteiger partial charge >= 0.3 is 6.09 Å². The van der Waals surface area contributed by atoms with Crippen LogP contribution in [-0.2, 0) is 12.8 Å². The summed E-state index contributed by atoms with van der Waals surface area (Å²) in [5.74, 6) is -0.218. The van der Waals surface area contributed by atoms with Gasteiger partial charge in [0.05, 0.1) is 5.69 Å². The Morgan fingerprint density at radius 1 is 1.23 bits per heavy atom. The van der Waals surface area contributed by atoms with E-state index in [1.165, 1.54) is 16.5 Å². The first kappa shape index (κ1) is 21.1. The molecule has 1 aromatic carbocycles. The van der Waals surface area contributed by atoms with Crippen LogP contribution in [0.5, 0.6) is 0 Å². The Hall–Kier alpha value is -2.15. The average molecular weight is 432 g/mol. The molecule has 1 saturated carbocycles. The summed E-state index contributed by atoms with van der Waals surface area (Å²) in [6.07, 6.45) is 5.67. The number of amides is 1. The Kier molecular flexibility index (Phi) is 5.75. The molecule has 0 spiro atoms. The first-order valence-corrected chi connectivity index (χ1v) is 11.6. The number of aryl methyl sites for hydroxylation is 2. The zero-order chi connectivity index (χ0) is 21.5. The van der Waals surface area contributed by atoms with E-state index in [0.717, 1.165) is 61.3 Å². The Morgan fingerprint density at radius 3 is 2.63 bits per heavy atom. The average Bonchev–Trinajstić information content (AvgIpc) is 2.98. The summed E-state index contributed by atoms with van der Waals surface area (Å²) in [5.41, 5.74) is 2.63. The van der Waals surface area contributed by atoms with Crippen LogP contribution in [0.25, 0.3) is 11.3 Å². The van der Waals surface area contributed by atoms with Crippen LogP contribution >= 0.6 is 11.3 Å². The van der Waals surface area contributed by atoms with Crippen molar-refractivity contribution < 1.29 is 14.3 Å². The molecule has 4 rings (SSSR count). The molecule has 30 heavy (non-hydrogen) atoms. The fraction of sp³-hybridized carbons (Fsp3) is 0.565. The monoisotopic (exact) mass is 431 g/mol. The first-order valence-electron chi connectivity index (χ1n) is 10.8. The van der Waals surface area contributed by atoms with Gasteiger partial charge in [-0.1, -0.05) is 6.07 Å². The molecule has 1 amide bonds. The van der Waals surface area contributed by atoms with Crippen LogP contribution in [0.15, 0.2) is 18.2 Å². The van der Waals surface area contributed by atoms with Crippen molar-refractivity contribution in [2.45, 2.75) is 83.3 Å². The van der Waals surface area contributed by atoms with Gasteiger partial charge in [-0.05, 0) is 83.4 Å². The molecule has 2 aliphatic rings. The molecule has 0 saturated heterocycles. The van der Waals surface area contributed by atoms with Crippen molar-refractivity contribution in [3.63, 3.8) is 0 Å². The highest BCUT2D eigenvalue weighted by Crippen LogP contribution is 2.38. The third kappa shape index (κ3) is 4.31. The molecule has 2 N–H and O–H groups in total. The molecule has 162 valence electrons. The second-order valence-electron chi connectivity index (χ2n) is 9.42. The second kappa shape index (κ2) is 8.17. The Labute approximate surface area is 181 Å². The highest BCUT2D eigenvalue weighted by atomic mass is 32.1. The van der Waals surface area contributed by atoms with E-state index in [0.29, 0.717) is 6.04 Å². The molecule has 1 aromatic heterocycles. The summed E-state index contributed by atoms with van der Waals surface area (Å²) in [6, 6.07) is 5.38. The van der Waals surface area contributed by atoms with E-state index in [-0.39, 0.29) is 11.9 Å². The maximum Gasteiger partial charge on any atom is 0.407 e. The molecule has 2 aliphatic carbocycles. The van der Waals surface area contributed by atoms with E-state index in [1.807, 2.05) is 26.8 Å². The third-order valence-electron chi connectivity index (χ3n) is 6.19. The molecular weight excluding hydrogens is 401 g/mol. The van der Waals surface area contributed by atoms with Crippen LogP contribution in [0.3, 0.4) is 0 Å². The van der Waals surface area contributed by atoms with Crippen molar-refractivity contribution in [2.24, 2.45) is 0 Å². The zero-order valence-corrected chi connectivity index (χ0v) is 18.7. The highest BCUT2D eigenvalue weighted by molar-refractivity contribution is 7.16. The Morgan fingerprint density at radius 2 is 1.97 bits per heavy atom. The maximum absolute atomic E-state index is 13.9. The van der Waals surface area contributed by atoms with Crippen LogP contribution in [0.1, 0.15) is 63.3 Å². The summed E-state index contributed by atoms with van der Waals surface area (Å²) in [5, 5.41) is 14.1. The largest absolute Gasteiger partial charge is 0.465 e. The van der Waals surface area contributed by atoms with Gasteiger partial charge < -0.3 is 15.3 Å². The van der Waals surface area contributed by atoms with E-state index in [4.69, 9.17) is 4.98 Å². The number of thiazole rings is 1. The number of nitrogens with zero attached hydrogens (tertiary/aromatic N) is 2. The number of aromatic nitrogens is 1. The Bertz CT molecular complexity index is 929. The Balaban J connectivity index is 1.45. The van der Waals surface area contributed by atoms with Gasteiger partial charge in [0.2, 0.25) is 0 Å². The minimum Gasteiger partial charge on any atom is -0.465 e. The lowest BCUT2D eigenvalue weighted by molar-refractivity contribution is 0.0557. The van der Waals surface area contributed by atoms with Gasteiger partial charge in [-0.2, -0.15) is 0 Å². The minimum atomic E-state index is -0.839. The van der Waals surface area contributed by atoms with Crippen molar-refractivity contribution in [1.29, 1.82) is 0 Å². The summed E-state index contributed by atoms with van der Waals surface area (Å²) >= 11 is 1.68. The number of nitrogens with one attached hydrogen (secondary N) is 1. The number of fused-ring (bicyclic) bond motifs is 3. The lowest BCUT2D eigenvalue weighted by atomic mass is 9.88. The number of benzene rings is 1. The van der Waals surface area contributed by atoms with Crippen LogP contribution < -0.4 is 5.32 Å². The van der Waals surface area contributed by atoms with Crippen molar-refractivity contribution in [3.8, 4) is 11.3 Å². The van der Waals surface area contributed by atoms with Crippen molar-refractivity contribution >= 4 is 22.6 Å². The van der Waals surface area contributed by atoms with Crippen LogP contribution in [0.4, 0.5) is 14.3 Å². The number of halogens is 1. The van der Waals surface area contributed by atoms with Gasteiger partial charge in [-0.25, -0.2) is 14.2 Å². The van der Waals surface area contributed by atoms with Crippen LogP contribution in [-0.4, -0.2) is 38.7 Å². The smallest absolute Gasteiger partial charge is 0.407 e. The highest BCUT2D eigenvalue weighted by Gasteiger charge is 2.35. The number of hydrogen-bond donors (Lipinski definition) is 2. The summed E-state index contributed by atoms with van der Waals surface area (Å²) in [6.45, 7) is 5.86. The molecular formula is C23H30FN3O2S. The summed E-state index contributed by atoms with van der Waals surface area (Å²) in [4.78, 5) is 19.4. The molecule has 2 aromatic rings. The molecule has 1 heterocycles. The summed E-state index contributed by atoms with van der Waals surface area (Å²) in [7, 11) is 0. The van der Waals surface area contributed by atoms with Gasteiger partial charge in [-0.3, -0.25) is 0 Å². The predicted octanol–water partition coefficient (Wildman–Crippen LogP) is 5.94. The van der Waals surface area contributed by atoms with E-state index < -0.39 is 11.6 Å². The quantitative estimate of drug-likeness (QED) is 0.631. The van der Waals surface area contributed by atoms with Gasteiger partial charge in [0.15, 0.2) is 5.13 Å². The molecule has 0 aliphatic heterocycles. The van der Waals surface area contributed by atoms with Crippen LogP contribution in [0.2, 0.25) is 0 Å². The topological polar surface area (TPSA) is 65.5 Å². The lowest BCUT2D eigenvalue weighted by Crippen LogP contribution is -2.52. The van der Waals surface area contributed by atoms with Crippen molar-refractivity contribution in [3.05, 3.63) is 34.5 Å². The standard InChI is InChI=1S/C23H30FN3O2S/c1-23(2,3)27(22(28)29)17-11-9-16(10-12-17)25-21-26-20-18-13-15(24)8-7-14(18)5-4-6-19(20)30-21/h7-8,13,16-17H,4-6,9-12H2,1-3H3,(H,25,26)(H,28,29). The second-order valence-corrected chi connectivity index (χ2v) is 10.5. The SMILES string of the molecule is CC(C)(C)N(C(=O)O)C1CCC(Nc2nc3c(s2)CCCc2ccc(F)cc2-3)CC1. The zero-order valence-electron chi connectivity index (χ0n) is 17.9. The van der Waals surface area contributed by atoms with E-state index in [9.17, 15) is 14.3 Å². The molecule has 7 heteroatoms. The molecule has 0 bridgehead atoms. The molecule has 0 unspecified atom stereocenters. The number of hydrogen-bond acceptors (Lipinski definition) is 4. The predicted molar refractivity (Wildman–Crippen MR) is 119 cm³/mol. The van der Waals surface area contributed by atoms with Gasteiger partial charge in [-0.15, -0.1) is 11.3 Å². The van der Waals surface area contributed by atoms with Gasteiger partial charge in [0.25, 0.3) is 0 Å². The normalized spacial score (nSPS) is 21.3. The molecule has 0 radical (unpaired) electrons.